The van der Waals surface area contributed by atoms with Gasteiger partial charge in [-0.15, -0.1) is 0 Å². The molecule has 5 unspecified atom stereocenters. The van der Waals surface area contributed by atoms with Crippen LogP contribution in [0.4, 0.5) is 0 Å². The summed E-state index contributed by atoms with van der Waals surface area (Å²) in [5.74, 6) is 2.37. The molecule has 0 aromatic heterocycles. The highest BCUT2D eigenvalue weighted by atomic mass is 32.1. The van der Waals surface area contributed by atoms with Gasteiger partial charge in [-0.1, -0.05) is 25.6 Å². The first-order chi connectivity index (χ1) is 8.88. The molecule has 19 heavy (non-hydrogen) atoms. The molecule has 2 fully saturated rings. The molecule has 3 nitrogen and oxygen atoms in total. The lowest BCUT2D eigenvalue weighted by atomic mass is 9.82. The van der Waals surface area contributed by atoms with Crippen LogP contribution in [0.5, 0.6) is 0 Å². The maximum absolute atomic E-state index is 12.4. The van der Waals surface area contributed by atoms with Crippen LogP contribution in [0.2, 0.25) is 0 Å². The van der Waals surface area contributed by atoms with Crippen molar-refractivity contribution in [2.45, 2.75) is 58.9 Å². The van der Waals surface area contributed by atoms with Crippen LogP contribution in [0.1, 0.15) is 52.9 Å². The van der Waals surface area contributed by atoms with Crippen LogP contribution < -0.4 is 11.1 Å². The van der Waals surface area contributed by atoms with Gasteiger partial charge >= 0.3 is 0 Å². The lowest BCUT2D eigenvalue weighted by Crippen LogP contribution is -2.51. The summed E-state index contributed by atoms with van der Waals surface area (Å²) in [4.78, 5) is 12.7. The van der Waals surface area contributed by atoms with Crippen LogP contribution in [0.15, 0.2) is 0 Å². The fourth-order valence-corrected chi connectivity index (χ4v) is 4.06. The zero-order chi connectivity index (χ0) is 14.2. The highest BCUT2D eigenvalue weighted by Crippen LogP contribution is 2.49. The van der Waals surface area contributed by atoms with Crippen LogP contribution in [-0.4, -0.2) is 16.9 Å². The molecule has 0 aliphatic heterocycles. The fraction of sp³-hybridized carbons (Fsp3) is 0.867. The minimum atomic E-state index is -0.707. The Balaban J connectivity index is 1.97. The largest absolute Gasteiger partial charge is 0.392 e. The predicted molar refractivity (Wildman–Crippen MR) is 81.7 cm³/mol. The summed E-state index contributed by atoms with van der Waals surface area (Å²) in [5, 5.41) is 3.17. The van der Waals surface area contributed by atoms with Gasteiger partial charge in [0.15, 0.2) is 0 Å². The Labute approximate surface area is 121 Å². The molecule has 2 aliphatic carbocycles. The maximum atomic E-state index is 12.4. The number of hydrogen-bond donors (Lipinski definition) is 2. The van der Waals surface area contributed by atoms with Crippen LogP contribution in [0, 0.1) is 23.2 Å². The molecule has 5 atom stereocenters. The number of amides is 1. The Morgan fingerprint density at radius 1 is 1.47 bits per heavy atom. The number of rotatable bonds is 5. The molecular formula is C15H26N2OS. The van der Waals surface area contributed by atoms with Gasteiger partial charge in [0.05, 0.1) is 10.4 Å². The van der Waals surface area contributed by atoms with E-state index in [1.54, 1.807) is 0 Å². The number of nitrogens with two attached hydrogens (primary N) is 1. The molecular weight excluding hydrogens is 256 g/mol. The van der Waals surface area contributed by atoms with E-state index in [0.717, 1.165) is 11.8 Å². The molecule has 4 heteroatoms. The van der Waals surface area contributed by atoms with Gasteiger partial charge in [0, 0.05) is 6.04 Å². The molecule has 0 heterocycles. The van der Waals surface area contributed by atoms with Gasteiger partial charge < -0.3 is 11.1 Å². The van der Waals surface area contributed by atoms with Crippen molar-refractivity contribution in [1.82, 2.24) is 5.32 Å². The first-order valence-electron chi connectivity index (χ1n) is 7.49. The standard InChI is InChI=1S/C15H26N2OS/c1-4-15(3,13(16)19)14(18)17-9(2)12-8-10-5-6-11(12)7-10/h9-12H,4-8H2,1-3H3,(H2,16,19)(H,17,18). The molecule has 0 saturated heterocycles. The number of hydrogen-bond acceptors (Lipinski definition) is 2. The summed E-state index contributed by atoms with van der Waals surface area (Å²) in [6.45, 7) is 5.94. The van der Waals surface area contributed by atoms with E-state index in [0.29, 0.717) is 17.3 Å². The molecule has 2 bridgehead atoms. The van der Waals surface area contributed by atoms with E-state index in [1.165, 1.54) is 25.7 Å². The van der Waals surface area contributed by atoms with Crippen LogP contribution in [0.3, 0.4) is 0 Å². The predicted octanol–water partition coefficient (Wildman–Crippen LogP) is 2.63. The van der Waals surface area contributed by atoms with Crippen molar-refractivity contribution in [3.63, 3.8) is 0 Å². The van der Waals surface area contributed by atoms with Crippen molar-refractivity contribution >= 4 is 23.1 Å². The third kappa shape index (κ3) is 2.64. The monoisotopic (exact) mass is 282 g/mol. The molecule has 1 amide bonds. The van der Waals surface area contributed by atoms with Gasteiger partial charge in [-0.3, -0.25) is 4.79 Å². The third-order valence-corrected chi connectivity index (χ3v) is 6.00. The summed E-state index contributed by atoms with van der Waals surface area (Å²) in [5.41, 5.74) is 5.04. The van der Waals surface area contributed by atoms with Crippen molar-refractivity contribution in [3.05, 3.63) is 0 Å². The van der Waals surface area contributed by atoms with Crippen molar-refractivity contribution in [2.24, 2.45) is 28.9 Å². The third-order valence-electron chi connectivity index (χ3n) is 5.55. The van der Waals surface area contributed by atoms with E-state index in [9.17, 15) is 4.79 Å². The molecule has 2 saturated carbocycles. The summed E-state index contributed by atoms with van der Waals surface area (Å²) in [7, 11) is 0. The van der Waals surface area contributed by atoms with Crippen LogP contribution in [0.25, 0.3) is 0 Å². The fourth-order valence-electron chi connectivity index (χ4n) is 3.83. The van der Waals surface area contributed by atoms with E-state index in [1.807, 2.05) is 13.8 Å². The first kappa shape index (κ1) is 14.8. The molecule has 0 radical (unpaired) electrons. The van der Waals surface area contributed by atoms with Crippen LogP contribution in [-0.2, 0) is 4.79 Å². The van der Waals surface area contributed by atoms with Gasteiger partial charge in [-0.05, 0) is 57.3 Å². The number of carbonyl (C=O) groups excluding carboxylic acids is 1. The minimum Gasteiger partial charge on any atom is -0.392 e. The van der Waals surface area contributed by atoms with Gasteiger partial charge in [-0.25, -0.2) is 0 Å². The summed E-state index contributed by atoms with van der Waals surface area (Å²) >= 11 is 5.06. The summed E-state index contributed by atoms with van der Waals surface area (Å²) in [6, 6.07) is 0.239. The van der Waals surface area contributed by atoms with E-state index in [2.05, 4.69) is 12.2 Å². The minimum absolute atomic E-state index is 0.00206. The highest BCUT2D eigenvalue weighted by molar-refractivity contribution is 7.80. The van der Waals surface area contributed by atoms with Crippen molar-refractivity contribution in [2.75, 3.05) is 0 Å². The Morgan fingerprint density at radius 3 is 2.58 bits per heavy atom. The second-order valence-electron chi connectivity index (χ2n) is 6.65. The quantitative estimate of drug-likeness (QED) is 0.762. The molecule has 2 rings (SSSR count). The Bertz CT molecular complexity index is 384. The normalized spacial score (nSPS) is 33.7. The topological polar surface area (TPSA) is 55.1 Å². The molecule has 108 valence electrons. The zero-order valence-corrected chi connectivity index (χ0v) is 13.1. The highest BCUT2D eigenvalue weighted by Gasteiger charge is 2.43. The van der Waals surface area contributed by atoms with E-state index < -0.39 is 5.41 Å². The lowest BCUT2D eigenvalue weighted by Gasteiger charge is -2.32. The number of thiocarbonyl (C=S) groups is 1. The van der Waals surface area contributed by atoms with Gasteiger partial charge in [0.1, 0.15) is 0 Å². The van der Waals surface area contributed by atoms with E-state index in [-0.39, 0.29) is 11.9 Å². The average Bonchev–Trinajstić information content (AvgIpc) is 2.99. The Morgan fingerprint density at radius 2 is 2.16 bits per heavy atom. The molecule has 0 aromatic carbocycles. The maximum Gasteiger partial charge on any atom is 0.232 e. The summed E-state index contributed by atoms with van der Waals surface area (Å²) < 4.78 is 0. The van der Waals surface area contributed by atoms with Gasteiger partial charge in [0.2, 0.25) is 5.91 Å². The van der Waals surface area contributed by atoms with Gasteiger partial charge in [0.25, 0.3) is 0 Å². The second kappa shape index (κ2) is 5.39. The van der Waals surface area contributed by atoms with Crippen molar-refractivity contribution in [3.8, 4) is 0 Å². The Kier molecular flexibility index (Phi) is 4.19. The first-order valence-corrected chi connectivity index (χ1v) is 7.90. The van der Waals surface area contributed by atoms with E-state index in [4.69, 9.17) is 18.0 Å². The van der Waals surface area contributed by atoms with Gasteiger partial charge in [-0.2, -0.15) is 0 Å². The Hall–Kier alpha value is -0.640. The molecule has 0 aromatic rings. The lowest BCUT2D eigenvalue weighted by molar-refractivity contribution is -0.128. The molecule has 3 N–H and O–H groups in total. The smallest absolute Gasteiger partial charge is 0.232 e. The number of carbonyl (C=O) groups is 1. The second-order valence-corrected chi connectivity index (χ2v) is 7.09. The van der Waals surface area contributed by atoms with Crippen molar-refractivity contribution in [1.29, 1.82) is 0 Å². The SMILES string of the molecule is CCC(C)(C(=O)NC(C)C1CC2CCC1C2)C(N)=S. The van der Waals surface area contributed by atoms with Crippen molar-refractivity contribution < 1.29 is 4.79 Å². The van der Waals surface area contributed by atoms with E-state index >= 15 is 0 Å². The van der Waals surface area contributed by atoms with Crippen LogP contribution >= 0.6 is 12.2 Å². The zero-order valence-electron chi connectivity index (χ0n) is 12.2. The number of nitrogens with one attached hydrogen (secondary N) is 1. The molecule has 2 aliphatic rings. The molecule has 0 spiro atoms. The average molecular weight is 282 g/mol. The number of fused-ring (bicyclic) bond motifs is 2. The summed E-state index contributed by atoms with van der Waals surface area (Å²) in [6.07, 6.45) is 6.03.